The van der Waals surface area contributed by atoms with Crippen LogP contribution in [0.25, 0.3) is 10.9 Å². The third kappa shape index (κ3) is 3.97. The van der Waals surface area contributed by atoms with Crippen molar-refractivity contribution in [1.82, 2.24) is 14.2 Å². The second-order valence-corrected chi connectivity index (χ2v) is 9.42. The first-order valence-electron chi connectivity index (χ1n) is 9.88. The zero-order chi connectivity index (χ0) is 22.2. The fourth-order valence-electron chi connectivity index (χ4n) is 3.90. The smallest absolute Gasteiger partial charge is 0.270 e. The molecule has 0 aliphatic carbocycles. The van der Waals surface area contributed by atoms with E-state index in [1.165, 1.54) is 22.5 Å². The van der Waals surface area contributed by atoms with Gasteiger partial charge in [-0.3, -0.25) is 19.8 Å². The molecule has 10 heteroatoms. The standard InChI is InChI=1S/C21H22N4O5S/c1-15(21(26)19-14-22-20-8-3-2-7-18(19)20)23-9-11-24(12-10-23)31(29,30)17-6-4-5-16(13-17)25(27)28/h2-8,13-15,22H,9-12H2,1H3. The monoisotopic (exact) mass is 442 g/mol. The quantitative estimate of drug-likeness (QED) is 0.356. The lowest BCUT2D eigenvalue weighted by molar-refractivity contribution is -0.385. The van der Waals surface area contributed by atoms with Crippen molar-refractivity contribution in [2.45, 2.75) is 17.9 Å². The largest absolute Gasteiger partial charge is 0.360 e. The van der Waals surface area contributed by atoms with Gasteiger partial charge in [-0.15, -0.1) is 0 Å². The minimum atomic E-state index is -3.85. The number of aromatic nitrogens is 1. The summed E-state index contributed by atoms with van der Waals surface area (Å²) in [5.41, 5.74) is 1.25. The molecule has 0 bridgehead atoms. The Bertz CT molecular complexity index is 1250. The van der Waals surface area contributed by atoms with Gasteiger partial charge in [0.05, 0.1) is 15.9 Å². The fraction of sp³-hybridized carbons (Fsp3) is 0.286. The zero-order valence-electron chi connectivity index (χ0n) is 16.9. The number of fused-ring (bicyclic) bond motifs is 1. The number of H-pyrrole nitrogens is 1. The fourth-order valence-corrected chi connectivity index (χ4v) is 5.37. The van der Waals surface area contributed by atoms with Crippen molar-refractivity contribution in [3.8, 4) is 0 Å². The number of ketones is 1. The summed E-state index contributed by atoms with van der Waals surface area (Å²) in [6, 6.07) is 12.2. The minimum absolute atomic E-state index is 0.0209. The highest BCUT2D eigenvalue weighted by molar-refractivity contribution is 7.89. The van der Waals surface area contributed by atoms with Gasteiger partial charge in [0.25, 0.3) is 5.69 Å². The van der Waals surface area contributed by atoms with E-state index >= 15 is 0 Å². The van der Waals surface area contributed by atoms with Crippen molar-refractivity contribution >= 4 is 32.4 Å². The number of benzene rings is 2. The topological polar surface area (TPSA) is 117 Å². The van der Waals surface area contributed by atoms with Crippen molar-refractivity contribution in [3.05, 3.63) is 70.4 Å². The predicted octanol–water partition coefficient (Wildman–Crippen LogP) is 2.65. The first-order chi connectivity index (χ1) is 14.8. The van der Waals surface area contributed by atoms with Crippen molar-refractivity contribution in [1.29, 1.82) is 0 Å². The molecule has 4 rings (SSSR count). The number of para-hydroxylation sites is 1. The second-order valence-electron chi connectivity index (χ2n) is 7.48. The van der Waals surface area contributed by atoms with E-state index in [-0.39, 0.29) is 29.5 Å². The number of nitrogens with zero attached hydrogens (tertiary/aromatic N) is 3. The number of nitro benzene ring substituents is 1. The Kier molecular flexibility index (Phi) is 5.61. The summed E-state index contributed by atoms with van der Waals surface area (Å²) in [4.78, 5) is 28.4. The third-order valence-corrected chi connectivity index (χ3v) is 7.62. The van der Waals surface area contributed by atoms with Crippen LogP contribution in [0.1, 0.15) is 17.3 Å². The number of carbonyl (C=O) groups excluding carboxylic acids is 1. The maximum atomic E-state index is 13.1. The van der Waals surface area contributed by atoms with Gasteiger partial charge >= 0.3 is 0 Å². The predicted molar refractivity (Wildman–Crippen MR) is 116 cm³/mol. The van der Waals surface area contributed by atoms with Crippen LogP contribution in [0.5, 0.6) is 0 Å². The number of rotatable bonds is 6. The number of nitro groups is 1. The molecule has 1 saturated heterocycles. The summed E-state index contributed by atoms with van der Waals surface area (Å²) in [6.07, 6.45) is 1.71. The molecule has 1 aliphatic rings. The van der Waals surface area contributed by atoms with E-state index in [9.17, 15) is 23.3 Å². The molecule has 31 heavy (non-hydrogen) atoms. The number of sulfonamides is 1. The van der Waals surface area contributed by atoms with Crippen LogP contribution >= 0.6 is 0 Å². The summed E-state index contributed by atoms with van der Waals surface area (Å²) in [5.74, 6) is -0.0209. The molecule has 0 radical (unpaired) electrons. The molecular formula is C21H22N4O5S. The van der Waals surface area contributed by atoms with E-state index in [2.05, 4.69) is 4.98 Å². The number of nitrogens with one attached hydrogen (secondary N) is 1. The number of aromatic amines is 1. The number of Topliss-reactive ketones (excluding diaryl/α,β-unsaturated/α-hetero) is 1. The lowest BCUT2D eigenvalue weighted by Gasteiger charge is -2.36. The summed E-state index contributed by atoms with van der Waals surface area (Å²) in [7, 11) is -3.85. The van der Waals surface area contributed by atoms with E-state index in [4.69, 9.17) is 0 Å². The van der Waals surface area contributed by atoms with Gasteiger partial charge in [-0.25, -0.2) is 8.42 Å². The molecule has 1 N–H and O–H groups in total. The van der Waals surface area contributed by atoms with Gasteiger partial charge in [0, 0.05) is 61.0 Å². The highest BCUT2D eigenvalue weighted by Crippen LogP contribution is 2.24. The van der Waals surface area contributed by atoms with E-state index in [0.29, 0.717) is 18.7 Å². The van der Waals surface area contributed by atoms with Gasteiger partial charge in [-0.1, -0.05) is 24.3 Å². The van der Waals surface area contributed by atoms with Crippen LogP contribution in [0.4, 0.5) is 5.69 Å². The van der Waals surface area contributed by atoms with Gasteiger partial charge in [0.15, 0.2) is 5.78 Å². The lowest BCUT2D eigenvalue weighted by Crippen LogP contribution is -2.53. The molecule has 2 heterocycles. The molecule has 1 aromatic heterocycles. The van der Waals surface area contributed by atoms with Crippen LogP contribution in [0.3, 0.4) is 0 Å². The first kappa shape index (κ1) is 21.2. The summed E-state index contributed by atoms with van der Waals surface area (Å²) in [5, 5.41) is 11.8. The average molecular weight is 442 g/mol. The minimum Gasteiger partial charge on any atom is -0.360 e. The average Bonchev–Trinajstić information content (AvgIpc) is 3.22. The Hall–Kier alpha value is -3.08. The maximum absolute atomic E-state index is 13.1. The van der Waals surface area contributed by atoms with Gasteiger partial charge in [-0.05, 0) is 19.1 Å². The normalized spacial score (nSPS) is 16.9. The maximum Gasteiger partial charge on any atom is 0.270 e. The molecule has 0 saturated carbocycles. The van der Waals surface area contributed by atoms with Crippen LogP contribution in [-0.2, 0) is 10.0 Å². The molecule has 0 amide bonds. The summed E-state index contributed by atoms with van der Waals surface area (Å²) < 4.78 is 27.1. The van der Waals surface area contributed by atoms with Gasteiger partial charge in [-0.2, -0.15) is 4.31 Å². The highest BCUT2D eigenvalue weighted by Gasteiger charge is 2.33. The molecular weight excluding hydrogens is 420 g/mol. The summed E-state index contributed by atoms with van der Waals surface area (Å²) in [6.45, 7) is 3.02. The molecule has 162 valence electrons. The van der Waals surface area contributed by atoms with Crippen LogP contribution in [0.15, 0.2) is 59.6 Å². The van der Waals surface area contributed by atoms with E-state index < -0.39 is 21.0 Å². The lowest BCUT2D eigenvalue weighted by atomic mass is 10.0. The van der Waals surface area contributed by atoms with Crippen LogP contribution in [-0.4, -0.2) is 65.5 Å². The number of carbonyl (C=O) groups is 1. The highest BCUT2D eigenvalue weighted by atomic mass is 32.2. The van der Waals surface area contributed by atoms with Crippen molar-refractivity contribution in [2.24, 2.45) is 0 Å². The first-order valence-corrected chi connectivity index (χ1v) is 11.3. The molecule has 1 aliphatic heterocycles. The van der Waals surface area contributed by atoms with E-state index in [1.807, 2.05) is 36.1 Å². The van der Waals surface area contributed by atoms with Crippen LogP contribution in [0, 0.1) is 10.1 Å². The van der Waals surface area contributed by atoms with Gasteiger partial charge < -0.3 is 4.98 Å². The molecule has 1 atom stereocenters. The van der Waals surface area contributed by atoms with Crippen molar-refractivity contribution in [3.63, 3.8) is 0 Å². The van der Waals surface area contributed by atoms with Crippen LogP contribution in [0.2, 0.25) is 0 Å². The Morgan fingerprint density at radius 1 is 1.10 bits per heavy atom. The molecule has 9 nitrogen and oxygen atoms in total. The molecule has 1 fully saturated rings. The van der Waals surface area contributed by atoms with Gasteiger partial charge in [0.2, 0.25) is 10.0 Å². The number of non-ortho nitro benzene ring substituents is 1. The Balaban J connectivity index is 1.46. The number of piperazine rings is 1. The summed E-state index contributed by atoms with van der Waals surface area (Å²) >= 11 is 0. The van der Waals surface area contributed by atoms with Crippen LogP contribution < -0.4 is 0 Å². The molecule has 1 unspecified atom stereocenters. The van der Waals surface area contributed by atoms with E-state index in [0.717, 1.165) is 17.0 Å². The Morgan fingerprint density at radius 3 is 2.52 bits per heavy atom. The zero-order valence-corrected chi connectivity index (χ0v) is 17.7. The van der Waals surface area contributed by atoms with E-state index in [1.54, 1.807) is 6.20 Å². The Labute approximate surface area is 179 Å². The third-order valence-electron chi connectivity index (χ3n) is 5.72. The van der Waals surface area contributed by atoms with Crippen molar-refractivity contribution < 1.29 is 18.1 Å². The molecule has 2 aromatic carbocycles. The Morgan fingerprint density at radius 2 is 1.81 bits per heavy atom. The van der Waals surface area contributed by atoms with Gasteiger partial charge in [0.1, 0.15) is 0 Å². The number of hydrogen-bond donors (Lipinski definition) is 1. The molecule has 3 aromatic rings. The SMILES string of the molecule is CC(C(=O)c1c[nH]c2ccccc12)N1CCN(S(=O)(=O)c2cccc([N+](=O)[O-])c2)CC1. The molecule has 0 spiro atoms. The number of hydrogen-bond acceptors (Lipinski definition) is 6. The second kappa shape index (κ2) is 8.22. The van der Waals surface area contributed by atoms with Crippen molar-refractivity contribution in [2.75, 3.05) is 26.2 Å².